The van der Waals surface area contributed by atoms with Gasteiger partial charge < -0.3 is 0 Å². The Bertz CT molecular complexity index is 1290. The van der Waals surface area contributed by atoms with Crippen LogP contribution in [0.25, 0.3) is 0 Å². The van der Waals surface area contributed by atoms with E-state index in [1.807, 2.05) is 6.92 Å². The van der Waals surface area contributed by atoms with Crippen LogP contribution in [0.4, 0.5) is 5.69 Å². The molecule has 0 aliphatic carbocycles. The average Bonchev–Trinajstić information content (AvgIpc) is 2.77. The molecule has 0 aromatic heterocycles. The van der Waals surface area contributed by atoms with Crippen molar-refractivity contribution in [2.24, 2.45) is 5.10 Å². The van der Waals surface area contributed by atoms with Crippen molar-refractivity contribution in [3.8, 4) is 0 Å². The molecule has 0 fully saturated rings. The molecule has 3 aromatic rings. The molecule has 0 radical (unpaired) electrons. The fourth-order valence-electron chi connectivity index (χ4n) is 3.10. The summed E-state index contributed by atoms with van der Waals surface area (Å²) in [5, 5.41) is 5.16. The highest BCUT2D eigenvalue weighted by Gasteiger charge is 2.28. The van der Waals surface area contributed by atoms with Crippen LogP contribution in [-0.4, -0.2) is 26.6 Å². The van der Waals surface area contributed by atoms with E-state index in [0.29, 0.717) is 27.0 Å². The summed E-state index contributed by atoms with van der Waals surface area (Å²) in [4.78, 5) is 12.8. The molecular weight excluding hydrogens is 481 g/mol. The number of hydrogen-bond donors (Lipinski definition) is 1. The molecule has 0 saturated heterocycles. The summed E-state index contributed by atoms with van der Waals surface area (Å²) in [6.07, 6.45) is 0. The highest BCUT2D eigenvalue weighted by atomic mass is 35.5. The van der Waals surface area contributed by atoms with Crippen molar-refractivity contribution in [3.63, 3.8) is 0 Å². The van der Waals surface area contributed by atoms with Crippen LogP contribution in [-0.2, 0) is 14.8 Å². The van der Waals surface area contributed by atoms with Gasteiger partial charge in [0.15, 0.2) is 0 Å². The Morgan fingerprint density at radius 1 is 0.939 bits per heavy atom. The van der Waals surface area contributed by atoms with Gasteiger partial charge >= 0.3 is 0 Å². The van der Waals surface area contributed by atoms with Crippen LogP contribution in [0.15, 0.2) is 76.7 Å². The molecule has 0 aliphatic rings. The monoisotopic (exact) mass is 503 g/mol. The van der Waals surface area contributed by atoms with Crippen molar-refractivity contribution in [2.45, 2.75) is 25.7 Å². The van der Waals surface area contributed by atoms with Crippen LogP contribution in [0, 0.1) is 13.8 Å². The van der Waals surface area contributed by atoms with Gasteiger partial charge in [0, 0.05) is 10.0 Å². The van der Waals surface area contributed by atoms with Gasteiger partial charge in [-0.3, -0.25) is 9.10 Å². The van der Waals surface area contributed by atoms with Crippen molar-refractivity contribution in [1.82, 2.24) is 5.43 Å². The van der Waals surface area contributed by atoms with Crippen LogP contribution in [0.5, 0.6) is 0 Å². The number of halogens is 2. The molecular formula is C24H23Cl2N3O3S. The lowest BCUT2D eigenvalue weighted by molar-refractivity contribution is -0.119. The Morgan fingerprint density at radius 2 is 1.55 bits per heavy atom. The molecule has 0 bridgehead atoms. The predicted octanol–water partition coefficient (Wildman–Crippen LogP) is 5.35. The largest absolute Gasteiger partial charge is 0.271 e. The minimum Gasteiger partial charge on any atom is -0.271 e. The number of hydrogen-bond acceptors (Lipinski definition) is 4. The van der Waals surface area contributed by atoms with E-state index in [-0.39, 0.29) is 4.90 Å². The molecule has 1 amide bonds. The molecule has 0 unspecified atom stereocenters. The van der Waals surface area contributed by atoms with Crippen molar-refractivity contribution >= 4 is 50.5 Å². The Morgan fingerprint density at radius 3 is 2.15 bits per heavy atom. The first kappa shape index (κ1) is 24.8. The smallest absolute Gasteiger partial charge is 0.264 e. The number of rotatable bonds is 7. The van der Waals surface area contributed by atoms with Crippen LogP contribution in [0.3, 0.4) is 0 Å². The molecule has 1 N–H and O–H groups in total. The summed E-state index contributed by atoms with van der Waals surface area (Å²) in [7, 11) is -4.03. The number of nitrogens with zero attached hydrogens (tertiary/aromatic N) is 2. The molecule has 0 saturated carbocycles. The van der Waals surface area contributed by atoms with Gasteiger partial charge in [-0.1, -0.05) is 53.0 Å². The van der Waals surface area contributed by atoms with Crippen molar-refractivity contribution in [2.75, 3.05) is 10.8 Å². The van der Waals surface area contributed by atoms with Crippen LogP contribution >= 0.6 is 23.2 Å². The number of nitrogens with one attached hydrogen (secondary N) is 1. The molecule has 33 heavy (non-hydrogen) atoms. The van der Waals surface area contributed by atoms with Gasteiger partial charge in [0.2, 0.25) is 0 Å². The summed E-state index contributed by atoms with van der Waals surface area (Å²) >= 11 is 12.0. The van der Waals surface area contributed by atoms with E-state index < -0.39 is 22.5 Å². The minimum atomic E-state index is -4.03. The van der Waals surface area contributed by atoms with Crippen LogP contribution in [0.1, 0.15) is 23.6 Å². The molecule has 0 heterocycles. The Hall–Kier alpha value is -2.87. The average molecular weight is 504 g/mol. The number of anilines is 1. The van der Waals surface area contributed by atoms with Gasteiger partial charge in [-0.2, -0.15) is 5.10 Å². The van der Waals surface area contributed by atoms with Gasteiger partial charge in [-0.05, 0) is 74.4 Å². The van der Waals surface area contributed by atoms with Crippen molar-refractivity contribution < 1.29 is 13.2 Å². The molecule has 0 aliphatic heterocycles. The number of benzene rings is 3. The van der Waals surface area contributed by atoms with Crippen molar-refractivity contribution in [1.29, 1.82) is 0 Å². The second kappa shape index (κ2) is 10.4. The molecule has 0 spiro atoms. The van der Waals surface area contributed by atoms with E-state index >= 15 is 0 Å². The first-order chi connectivity index (χ1) is 15.6. The number of hydrazone groups is 1. The maximum Gasteiger partial charge on any atom is 0.264 e. The first-order valence-electron chi connectivity index (χ1n) is 10.0. The van der Waals surface area contributed by atoms with Crippen LogP contribution in [0.2, 0.25) is 10.0 Å². The lowest BCUT2D eigenvalue weighted by Gasteiger charge is -2.25. The quantitative estimate of drug-likeness (QED) is 0.348. The van der Waals surface area contributed by atoms with Gasteiger partial charge in [0.1, 0.15) is 6.54 Å². The number of amides is 1. The standard InChI is InChI=1S/C24H23Cl2N3O3S/c1-16-4-11-22(12-5-16)33(31,32)29(23-13-10-21(26)14-17(23)2)15-24(30)28-27-18(3)19-6-8-20(25)9-7-19/h4-14H,15H2,1-3H3,(H,28,30)/b27-18-. The topological polar surface area (TPSA) is 78.8 Å². The minimum absolute atomic E-state index is 0.0797. The van der Waals surface area contributed by atoms with E-state index in [2.05, 4.69) is 10.5 Å². The zero-order valence-corrected chi connectivity index (χ0v) is 20.7. The van der Waals surface area contributed by atoms with E-state index in [0.717, 1.165) is 15.4 Å². The molecule has 3 aromatic carbocycles. The van der Waals surface area contributed by atoms with E-state index in [1.54, 1.807) is 68.4 Å². The molecule has 9 heteroatoms. The molecule has 0 atom stereocenters. The zero-order valence-electron chi connectivity index (χ0n) is 18.3. The number of aryl methyl sites for hydroxylation is 2. The first-order valence-corrected chi connectivity index (χ1v) is 12.2. The van der Waals surface area contributed by atoms with E-state index in [4.69, 9.17) is 23.2 Å². The Balaban J connectivity index is 1.91. The van der Waals surface area contributed by atoms with Gasteiger partial charge in [0.25, 0.3) is 15.9 Å². The van der Waals surface area contributed by atoms with E-state index in [1.165, 1.54) is 12.1 Å². The number of carbonyl (C=O) groups is 1. The summed E-state index contributed by atoms with van der Waals surface area (Å²) in [6.45, 7) is 4.87. The summed E-state index contributed by atoms with van der Waals surface area (Å²) in [5.41, 5.74) is 5.67. The Labute approximate surface area is 203 Å². The van der Waals surface area contributed by atoms with Crippen LogP contribution < -0.4 is 9.73 Å². The summed E-state index contributed by atoms with van der Waals surface area (Å²) in [5.74, 6) is -0.589. The molecule has 6 nitrogen and oxygen atoms in total. The predicted molar refractivity (Wildman–Crippen MR) is 134 cm³/mol. The lowest BCUT2D eigenvalue weighted by atomic mass is 10.1. The van der Waals surface area contributed by atoms with Gasteiger partial charge in [0.05, 0.1) is 16.3 Å². The second-order valence-electron chi connectivity index (χ2n) is 7.49. The zero-order chi connectivity index (χ0) is 24.2. The third kappa shape index (κ3) is 6.13. The molecule has 172 valence electrons. The van der Waals surface area contributed by atoms with E-state index in [9.17, 15) is 13.2 Å². The second-order valence-corrected chi connectivity index (χ2v) is 10.2. The fraction of sp³-hybridized carbons (Fsp3) is 0.167. The summed E-state index contributed by atoms with van der Waals surface area (Å²) < 4.78 is 28.0. The van der Waals surface area contributed by atoms with Crippen molar-refractivity contribution in [3.05, 3.63) is 93.5 Å². The third-order valence-corrected chi connectivity index (χ3v) is 7.20. The van der Waals surface area contributed by atoms with Gasteiger partial charge in [-0.15, -0.1) is 0 Å². The molecule has 3 rings (SSSR count). The number of sulfonamides is 1. The highest BCUT2D eigenvalue weighted by molar-refractivity contribution is 7.92. The highest BCUT2D eigenvalue weighted by Crippen LogP contribution is 2.29. The van der Waals surface area contributed by atoms with Gasteiger partial charge in [-0.25, -0.2) is 13.8 Å². The summed E-state index contributed by atoms with van der Waals surface area (Å²) in [6, 6.07) is 18.3. The lowest BCUT2D eigenvalue weighted by Crippen LogP contribution is -2.40. The number of carbonyl (C=O) groups excluding carboxylic acids is 1. The fourth-order valence-corrected chi connectivity index (χ4v) is 4.94. The maximum absolute atomic E-state index is 13.5. The Kier molecular flexibility index (Phi) is 7.79. The maximum atomic E-state index is 13.5. The third-order valence-electron chi connectivity index (χ3n) is 4.93. The SMILES string of the molecule is C/C(=N/NC(=O)CN(c1ccc(Cl)cc1C)S(=O)(=O)c1ccc(C)cc1)c1ccc(Cl)cc1. The normalized spacial score (nSPS) is 11.8.